The number of thioether (sulfide) groups is 1. The van der Waals surface area contributed by atoms with Crippen molar-refractivity contribution < 1.29 is 4.74 Å². The molecule has 0 spiro atoms. The fourth-order valence-corrected chi connectivity index (χ4v) is 2.58. The summed E-state index contributed by atoms with van der Waals surface area (Å²) < 4.78 is 5.81. The monoisotopic (exact) mass is 189 g/mol. The Morgan fingerprint density at radius 1 is 1.42 bits per heavy atom. The summed E-state index contributed by atoms with van der Waals surface area (Å²) in [6.45, 7) is 8.67. The van der Waals surface area contributed by atoms with Crippen LogP contribution in [0.15, 0.2) is 0 Å². The van der Waals surface area contributed by atoms with Gasteiger partial charge in [0.25, 0.3) is 0 Å². The molecular formula is C9H19NOS. The van der Waals surface area contributed by atoms with Gasteiger partial charge in [0.05, 0.1) is 6.10 Å². The molecule has 2 atom stereocenters. The van der Waals surface area contributed by atoms with Crippen LogP contribution in [0.4, 0.5) is 0 Å². The van der Waals surface area contributed by atoms with Crippen LogP contribution in [0.25, 0.3) is 0 Å². The second kappa shape index (κ2) is 3.20. The number of hydrogen-bond acceptors (Lipinski definition) is 3. The summed E-state index contributed by atoms with van der Waals surface area (Å²) in [7, 11) is 0. The second-order valence-corrected chi connectivity index (χ2v) is 5.48. The summed E-state index contributed by atoms with van der Waals surface area (Å²) in [5, 5.41) is 3.28. The Morgan fingerprint density at radius 2 is 2.00 bits per heavy atom. The van der Waals surface area contributed by atoms with Gasteiger partial charge in [0, 0.05) is 5.54 Å². The standard InChI is InChI=1S/C9H19NOS/c1-7-6-8(2,3)10-9(4,11-7)12-5/h7,10H,6H2,1-5H3. The Hall–Kier alpha value is 0.270. The van der Waals surface area contributed by atoms with E-state index >= 15 is 0 Å². The molecule has 0 amide bonds. The summed E-state index contributed by atoms with van der Waals surface area (Å²) in [6.07, 6.45) is 3.49. The molecule has 0 aromatic carbocycles. The second-order valence-electron chi connectivity index (χ2n) is 4.29. The molecule has 72 valence electrons. The van der Waals surface area contributed by atoms with Gasteiger partial charge in [-0.2, -0.15) is 0 Å². The number of hydrogen-bond donors (Lipinski definition) is 1. The maximum absolute atomic E-state index is 5.81. The molecule has 1 saturated heterocycles. The van der Waals surface area contributed by atoms with E-state index in [4.69, 9.17) is 4.74 Å². The largest absolute Gasteiger partial charge is 0.348 e. The maximum atomic E-state index is 5.81. The molecule has 3 heteroatoms. The molecule has 1 rings (SSSR count). The average Bonchev–Trinajstić information content (AvgIpc) is 1.82. The van der Waals surface area contributed by atoms with E-state index in [0.29, 0.717) is 6.10 Å². The summed E-state index contributed by atoms with van der Waals surface area (Å²) in [6, 6.07) is 0. The lowest BCUT2D eigenvalue weighted by Gasteiger charge is -2.46. The number of nitrogens with one attached hydrogen (secondary N) is 1. The van der Waals surface area contributed by atoms with Crippen molar-refractivity contribution in [3.63, 3.8) is 0 Å². The van der Waals surface area contributed by atoms with Crippen LogP contribution < -0.4 is 5.32 Å². The Bertz CT molecular complexity index is 172. The van der Waals surface area contributed by atoms with E-state index in [1.807, 2.05) is 0 Å². The minimum Gasteiger partial charge on any atom is -0.348 e. The maximum Gasteiger partial charge on any atom is 0.164 e. The van der Waals surface area contributed by atoms with Gasteiger partial charge in [-0.1, -0.05) is 0 Å². The summed E-state index contributed by atoms with van der Waals surface area (Å²) in [5.41, 5.74) is 0.190. The third kappa shape index (κ3) is 2.38. The summed E-state index contributed by atoms with van der Waals surface area (Å²) in [5.74, 6) is 0. The van der Waals surface area contributed by atoms with Crippen molar-refractivity contribution in [2.75, 3.05) is 6.26 Å². The van der Waals surface area contributed by atoms with E-state index in [1.165, 1.54) is 0 Å². The van der Waals surface area contributed by atoms with Gasteiger partial charge in [0.2, 0.25) is 0 Å². The molecule has 2 nitrogen and oxygen atoms in total. The lowest BCUT2D eigenvalue weighted by atomic mass is 9.95. The summed E-state index contributed by atoms with van der Waals surface area (Å²) in [4.78, 5) is 0. The first-order valence-electron chi connectivity index (χ1n) is 4.39. The average molecular weight is 189 g/mol. The van der Waals surface area contributed by atoms with Crippen LogP contribution in [0.3, 0.4) is 0 Å². The number of ether oxygens (including phenoxy) is 1. The SMILES string of the molecule is CSC1(C)NC(C)(C)CC(C)O1. The van der Waals surface area contributed by atoms with Gasteiger partial charge in [-0.15, -0.1) is 11.8 Å². The molecule has 1 aliphatic heterocycles. The van der Waals surface area contributed by atoms with E-state index in [1.54, 1.807) is 11.8 Å². The highest BCUT2D eigenvalue weighted by molar-refractivity contribution is 7.99. The highest BCUT2D eigenvalue weighted by Gasteiger charge is 2.39. The molecule has 2 unspecified atom stereocenters. The fourth-order valence-electron chi connectivity index (χ4n) is 1.94. The van der Waals surface area contributed by atoms with Crippen molar-refractivity contribution in [3.05, 3.63) is 0 Å². The van der Waals surface area contributed by atoms with Crippen LogP contribution in [0.5, 0.6) is 0 Å². The highest BCUT2D eigenvalue weighted by Crippen LogP contribution is 2.33. The molecule has 1 fully saturated rings. The van der Waals surface area contributed by atoms with Crippen LogP contribution in [-0.4, -0.2) is 23.0 Å². The lowest BCUT2D eigenvalue weighted by Crippen LogP contribution is -2.60. The molecular weight excluding hydrogens is 170 g/mol. The van der Waals surface area contributed by atoms with Crippen molar-refractivity contribution in [3.8, 4) is 0 Å². The zero-order chi connectivity index (χ0) is 9.41. The van der Waals surface area contributed by atoms with Gasteiger partial charge in [-0.3, -0.25) is 5.32 Å². The zero-order valence-electron chi connectivity index (χ0n) is 8.60. The van der Waals surface area contributed by atoms with Crippen LogP contribution in [0, 0.1) is 0 Å². The van der Waals surface area contributed by atoms with Crippen molar-refractivity contribution in [2.24, 2.45) is 0 Å². The Morgan fingerprint density at radius 3 is 2.42 bits per heavy atom. The van der Waals surface area contributed by atoms with Gasteiger partial charge in [-0.05, 0) is 40.4 Å². The van der Waals surface area contributed by atoms with E-state index in [9.17, 15) is 0 Å². The van der Waals surface area contributed by atoms with Crippen LogP contribution in [-0.2, 0) is 4.74 Å². The Balaban J connectivity index is 2.70. The van der Waals surface area contributed by atoms with Crippen molar-refractivity contribution in [2.45, 2.75) is 50.8 Å². The van der Waals surface area contributed by atoms with Crippen LogP contribution in [0.2, 0.25) is 0 Å². The quantitative estimate of drug-likeness (QED) is 0.683. The minimum atomic E-state index is -0.207. The van der Waals surface area contributed by atoms with E-state index in [-0.39, 0.29) is 10.6 Å². The zero-order valence-corrected chi connectivity index (χ0v) is 9.42. The molecule has 0 aliphatic carbocycles. The highest BCUT2D eigenvalue weighted by atomic mass is 32.2. The molecule has 1 aliphatic rings. The Labute approximate surface area is 79.4 Å². The van der Waals surface area contributed by atoms with Gasteiger partial charge in [0.1, 0.15) is 0 Å². The third-order valence-electron chi connectivity index (χ3n) is 2.18. The molecule has 1 N–H and O–H groups in total. The van der Waals surface area contributed by atoms with Gasteiger partial charge >= 0.3 is 0 Å². The molecule has 12 heavy (non-hydrogen) atoms. The lowest BCUT2D eigenvalue weighted by molar-refractivity contribution is -0.0990. The van der Waals surface area contributed by atoms with Crippen molar-refractivity contribution >= 4 is 11.8 Å². The van der Waals surface area contributed by atoms with Crippen LogP contribution in [0.1, 0.15) is 34.1 Å². The molecule has 0 bridgehead atoms. The van der Waals surface area contributed by atoms with Crippen molar-refractivity contribution in [1.82, 2.24) is 5.32 Å². The molecule has 0 radical (unpaired) electrons. The van der Waals surface area contributed by atoms with Gasteiger partial charge in [0.15, 0.2) is 5.06 Å². The predicted molar refractivity (Wildman–Crippen MR) is 54.3 cm³/mol. The molecule has 0 aromatic rings. The van der Waals surface area contributed by atoms with Crippen LogP contribution >= 0.6 is 11.8 Å². The third-order valence-corrected chi connectivity index (χ3v) is 3.16. The first-order valence-corrected chi connectivity index (χ1v) is 5.62. The molecule has 1 heterocycles. The van der Waals surface area contributed by atoms with Crippen molar-refractivity contribution in [1.29, 1.82) is 0 Å². The first kappa shape index (κ1) is 10.4. The number of rotatable bonds is 1. The van der Waals surface area contributed by atoms with Gasteiger partial charge < -0.3 is 4.74 Å². The van der Waals surface area contributed by atoms with E-state index in [2.05, 4.69) is 39.3 Å². The topological polar surface area (TPSA) is 21.3 Å². The van der Waals surface area contributed by atoms with E-state index in [0.717, 1.165) is 6.42 Å². The minimum absolute atomic E-state index is 0.190. The summed E-state index contributed by atoms with van der Waals surface area (Å²) >= 11 is 1.72. The molecule has 0 aromatic heterocycles. The first-order chi connectivity index (χ1) is 5.37. The normalized spacial score (nSPS) is 41.2. The fraction of sp³-hybridized carbons (Fsp3) is 1.00. The predicted octanol–water partition coefficient (Wildman–Crippen LogP) is 2.20. The smallest absolute Gasteiger partial charge is 0.164 e. The molecule has 0 saturated carbocycles. The van der Waals surface area contributed by atoms with Gasteiger partial charge in [-0.25, -0.2) is 0 Å². The Kier molecular flexibility index (Phi) is 2.76. The van der Waals surface area contributed by atoms with E-state index < -0.39 is 0 Å².